The molecule has 0 amide bonds. The predicted molar refractivity (Wildman–Crippen MR) is 58.8 cm³/mol. The monoisotopic (exact) mass is 228 g/mol. The van der Waals surface area contributed by atoms with Crippen LogP contribution in [0.4, 0.5) is 5.69 Å². The van der Waals surface area contributed by atoms with Gasteiger partial charge in [0.2, 0.25) is 0 Å². The summed E-state index contributed by atoms with van der Waals surface area (Å²) in [6.07, 6.45) is 0. The third-order valence-corrected chi connectivity index (χ3v) is 1.70. The number of hydrogen-bond donors (Lipinski definition) is 1. The van der Waals surface area contributed by atoms with Crippen molar-refractivity contribution in [3.8, 4) is 0 Å². The highest BCUT2D eigenvalue weighted by Gasteiger charge is 2.21. The van der Waals surface area contributed by atoms with Crippen LogP contribution < -0.4 is 5.73 Å². The Balaban J connectivity index is 2.96. The third-order valence-electron chi connectivity index (χ3n) is 1.48. The van der Waals surface area contributed by atoms with E-state index < -0.39 is 11.6 Å². The molecule has 0 saturated carbocycles. The maximum absolute atomic E-state index is 11.6. The molecule has 1 heterocycles. The minimum atomic E-state index is -0.576. The quantitative estimate of drug-likeness (QED) is 0.592. The second-order valence-electron chi connectivity index (χ2n) is 4.07. The highest BCUT2D eigenvalue weighted by Crippen LogP contribution is 2.17. The maximum Gasteiger partial charge on any atom is 0.359 e. The summed E-state index contributed by atoms with van der Waals surface area (Å²) >= 11 is 5.66. The number of pyridine rings is 1. The molecule has 1 rings (SSSR count). The van der Waals surface area contributed by atoms with Gasteiger partial charge in [0, 0.05) is 0 Å². The second kappa shape index (κ2) is 4.06. The highest BCUT2D eigenvalue weighted by molar-refractivity contribution is 6.29. The average molecular weight is 229 g/mol. The lowest BCUT2D eigenvalue weighted by atomic mass is 10.2. The number of carbonyl (C=O) groups is 1. The van der Waals surface area contributed by atoms with Crippen LogP contribution in [0, 0.1) is 0 Å². The number of carbonyl (C=O) groups excluding carboxylic acids is 1. The van der Waals surface area contributed by atoms with Crippen LogP contribution in [-0.2, 0) is 4.74 Å². The molecule has 0 atom stereocenters. The number of nitrogen functional groups attached to an aromatic ring is 1. The number of nitrogens with zero attached hydrogens (tertiary/aromatic N) is 1. The van der Waals surface area contributed by atoms with Crippen LogP contribution in [0.5, 0.6) is 0 Å². The van der Waals surface area contributed by atoms with E-state index in [1.54, 1.807) is 20.8 Å². The fraction of sp³-hybridized carbons (Fsp3) is 0.400. The third kappa shape index (κ3) is 3.40. The van der Waals surface area contributed by atoms with Gasteiger partial charge in [-0.15, -0.1) is 0 Å². The Labute approximate surface area is 93.4 Å². The van der Waals surface area contributed by atoms with Crippen molar-refractivity contribution in [3.63, 3.8) is 0 Å². The molecule has 2 N–H and O–H groups in total. The first-order valence-corrected chi connectivity index (χ1v) is 4.83. The van der Waals surface area contributed by atoms with Crippen LogP contribution in [0.15, 0.2) is 12.1 Å². The van der Waals surface area contributed by atoms with E-state index in [-0.39, 0.29) is 16.5 Å². The standard InChI is InChI=1S/C10H13ClN2O2/c1-10(2,3)15-9(14)8-6(12)4-5-7(11)13-8/h4-5H,12H2,1-3H3. The van der Waals surface area contributed by atoms with Gasteiger partial charge in [-0.05, 0) is 32.9 Å². The van der Waals surface area contributed by atoms with E-state index in [9.17, 15) is 4.79 Å². The van der Waals surface area contributed by atoms with E-state index in [1.165, 1.54) is 12.1 Å². The molecular weight excluding hydrogens is 216 g/mol. The highest BCUT2D eigenvalue weighted by atomic mass is 35.5. The number of esters is 1. The van der Waals surface area contributed by atoms with Crippen LogP contribution in [0.25, 0.3) is 0 Å². The Hall–Kier alpha value is -1.29. The normalized spacial score (nSPS) is 11.2. The molecule has 82 valence electrons. The number of hydrogen-bond acceptors (Lipinski definition) is 4. The minimum absolute atomic E-state index is 0.0532. The maximum atomic E-state index is 11.6. The Morgan fingerprint density at radius 1 is 1.47 bits per heavy atom. The molecule has 0 radical (unpaired) electrons. The van der Waals surface area contributed by atoms with Gasteiger partial charge in [0.1, 0.15) is 10.8 Å². The zero-order valence-electron chi connectivity index (χ0n) is 8.87. The van der Waals surface area contributed by atoms with E-state index >= 15 is 0 Å². The first-order valence-electron chi connectivity index (χ1n) is 4.45. The molecule has 1 aromatic rings. The van der Waals surface area contributed by atoms with Crippen molar-refractivity contribution in [1.29, 1.82) is 0 Å². The van der Waals surface area contributed by atoms with Gasteiger partial charge in [0.15, 0.2) is 5.69 Å². The Bertz CT molecular complexity index is 385. The summed E-state index contributed by atoms with van der Waals surface area (Å²) in [4.78, 5) is 15.4. The number of aromatic nitrogens is 1. The van der Waals surface area contributed by atoms with Gasteiger partial charge in [-0.2, -0.15) is 0 Å². The van der Waals surface area contributed by atoms with E-state index in [4.69, 9.17) is 22.1 Å². The van der Waals surface area contributed by atoms with Crippen LogP contribution in [0.1, 0.15) is 31.3 Å². The number of halogens is 1. The molecule has 0 aliphatic heterocycles. The van der Waals surface area contributed by atoms with Crippen LogP contribution >= 0.6 is 11.6 Å². The van der Waals surface area contributed by atoms with Crippen molar-refractivity contribution >= 4 is 23.3 Å². The van der Waals surface area contributed by atoms with Crippen molar-refractivity contribution in [1.82, 2.24) is 4.98 Å². The summed E-state index contributed by atoms with van der Waals surface area (Å²) in [5, 5.41) is 0.213. The summed E-state index contributed by atoms with van der Waals surface area (Å²) in [6, 6.07) is 3.04. The molecular formula is C10H13ClN2O2. The van der Waals surface area contributed by atoms with Crippen molar-refractivity contribution in [3.05, 3.63) is 23.0 Å². The molecule has 0 aliphatic rings. The first-order chi connectivity index (χ1) is 6.79. The lowest BCUT2D eigenvalue weighted by Gasteiger charge is -2.19. The first kappa shape index (κ1) is 11.8. The van der Waals surface area contributed by atoms with E-state index in [2.05, 4.69) is 4.98 Å². The zero-order valence-corrected chi connectivity index (χ0v) is 9.63. The summed E-state index contributed by atoms with van der Waals surface area (Å²) in [6.45, 7) is 5.31. The number of anilines is 1. The fourth-order valence-electron chi connectivity index (χ4n) is 0.936. The zero-order chi connectivity index (χ0) is 11.6. The van der Waals surface area contributed by atoms with Crippen LogP contribution in [-0.4, -0.2) is 16.6 Å². The van der Waals surface area contributed by atoms with Gasteiger partial charge in [-0.1, -0.05) is 11.6 Å². The average Bonchev–Trinajstić information content (AvgIpc) is 2.06. The molecule has 15 heavy (non-hydrogen) atoms. The predicted octanol–water partition coefficient (Wildman–Crippen LogP) is 2.27. The summed E-state index contributed by atoms with van der Waals surface area (Å²) in [5.41, 5.74) is 5.32. The lowest BCUT2D eigenvalue weighted by molar-refractivity contribution is 0.00642. The van der Waals surface area contributed by atoms with E-state index in [0.717, 1.165) is 0 Å². The molecule has 0 fully saturated rings. The number of ether oxygens (including phenoxy) is 1. The largest absolute Gasteiger partial charge is 0.455 e. The molecule has 0 bridgehead atoms. The van der Waals surface area contributed by atoms with Crippen molar-refractivity contribution < 1.29 is 9.53 Å². The Morgan fingerprint density at radius 3 is 2.60 bits per heavy atom. The molecule has 0 aliphatic carbocycles. The van der Waals surface area contributed by atoms with E-state index in [0.29, 0.717) is 0 Å². The van der Waals surface area contributed by atoms with Gasteiger partial charge in [-0.25, -0.2) is 9.78 Å². The van der Waals surface area contributed by atoms with Gasteiger partial charge in [0.25, 0.3) is 0 Å². The van der Waals surface area contributed by atoms with Crippen molar-refractivity contribution in [2.45, 2.75) is 26.4 Å². The topological polar surface area (TPSA) is 65.2 Å². The van der Waals surface area contributed by atoms with Crippen LogP contribution in [0.2, 0.25) is 5.15 Å². The fourth-order valence-corrected chi connectivity index (χ4v) is 1.08. The summed E-state index contributed by atoms with van der Waals surface area (Å²) in [7, 11) is 0. The Kier molecular flexibility index (Phi) is 3.19. The molecule has 1 aromatic heterocycles. The molecule has 4 nitrogen and oxygen atoms in total. The lowest BCUT2D eigenvalue weighted by Crippen LogP contribution is -2.25. The van der Waals surface area contributed by atoms with Gasteiger partial charge in [-0.3, -0.25) is 0 Å². The number of nitrogens with two attached hydrogens (primary N) is 1. The van der Waals surface area contributed by atoms with E-state index in [1.807, 2.05) is 0 Å². The minimum Gasteiger partial charge on any atom is -0.455 e. The van der Waals surface area contributed by atoms with Crippen molar-refractivity contribution in [2.24, 2.45) is 0 Å². The second-order valence-corrected chi connectivity index (χ2v) is 4.46. The van der Waals surface area contributed by atoms with Gasteiger partial charge < -0.3 is 10.5 Å². The molecule has 0 unspecified atom stereocenters. The Morgan fingerprint density at radius 2 is 2.07 bits per heavy atom. The van der Waals surface area contributed by atoms with Crippen molar-refractivity contribution in [2.75, 3.05) is 5.73 Å². The van der Waals surface area contributed by atoms with Gasteiger partial charge in [0.05, 0.1) is 5.69 Å². The smallest absolute Gasteiger partial charge is 0.359 e. The summed E-state index contributed by atoms with van der Waals surface area (Å²) < 4.78 is 5.12. The molecule has 5 heteroatoms. The number of rotatable bonds is 1. The summed E-state index contributed by atoms with van der Waals surface area (Å²) in [5.74, 6) is -0.567. The van der Waals surface area contributed by atoms with Gasteiger partial charge >= 0.3 is 5.97 Å². The molecule has 0 saturated heterocycles. The SMILES string of the molecule is CC(C)(C)OC(=O)c1nc(Cl)ccc1N. The van der Waals surface area contributed by atoms with Crippen LogP contribution in [0.3, 0.4) is 0 Å². The molecule has 0 spiro atoms. The molecule has 0 aromatic carbocycles.